The fraction of sp³-hybridized carbons (Fsp3) is 0.833. The van der Waals surface area contributed by atoms with Gasteiger partial charge in [0, 0.05) is 32.7 Å². The molecule has 0 aromatic carbocycles. The number of urea groups is 1. The van der Waals surface area contributed by atoms with Gasteiger partial charge in [-0.1, -0.05) is 0 Å². The smallest absolute Gasteiger partial charge is 0.401 e. The number of amides is 2. The van der Waals surface area contributed by atoms with Crippen LogP contribution in [-0.2, 0) is 4.79 Å². The van der Waals surface area contributed by atoms with Gasteiger partial charge in [0.1, 0.15) is 6.04 Å². The Balaban J connectivity index is 1.87. The lowest BCUT2D eigenvalue weighted by Crippen LogP contribution is -2.55. The number of carbonyl (C=O) groups is 2. The molecule has 2 amide bonds. The lowest BCUT2D eigenvalue weighted by Gasteiger charge is -2.37. The highest BCUT2D eigenvalue weighted by atomic mass is 19.4. The Morgan fingerprint density at radius 1 is 1.10 bits per heavy atom. The molecule has 1 N–H and O–H groups in total. The van der Waals surface area contributed by atoms with Crippen LogP contribution in [0.1, 0.15) is 12.8 Å². The van der Waals surface area contributed by atoms with E-state index in [4.69, 9.17) is 5.11 Å². The van der Waals surface area contributed by atoms with E-state index >= 15 is 0 Å². The number of nitrogens with zero attached hydrogens (tertiary/aromatic N) is 3. The highest BCUT2D eigenvalue weighted by molar-refractivity contribution is 5.83. The molecule has 2 fully saturated rings. The van der Waals surface area contributed by atoms with Crippen molar-refractivity contribution in [2.24, 2.45) is 0 Å². The zero-order valence-corrected chi connectivity index (χ0v) is 11.5. The van der Waals surface area contributed by atoms with Crippen LogP contribution in [0, 0.1) is 0 Å². The summed E-state index contributed by atoms with van der Waals surface area (Å²) in [5, 5.41) is 9.05. The molecular weight excluding hydrogens is 291 g/mol. The molecule has 2 rings (SSSR count). The first-order valence-electron chi connectivity index (χ1n) is 6.85. The third-order valence-corrected chi connectivity index (χ3v) is 3.83. The number of halogens is 3. The third-order valence-electron chi connectivity index (χ3n) is 3.83. The minimum atomic E-state index is -4.24. The van der Waals surface area contributed by atoms with Crippen LogP contribution in [0.25, 0.3) is 0 Å². The predicted octanol–water partition coefficient (Wildman–Crippen LogP) is 0.835. The Labute approximate surface area is 120 Å². The van der Waals surface area contributed by atoms with E-state index in [0.717, 1.165) is 0 Å². The zero-order chi connectivity index (χ0) is 15.6. The maximum Gasteiger partial charge on any atom is 0.401 e. The molecule has 0 aromatic heterocycles. The Morgan fingerprint density at radius 2 is 1.71 bits per heavy atom. The third kappa shape index (κ3) is 3.99. The second-order valence-electron chi connectivity index (χ2n) is 5.35. The van der Waals surface area contributed by atoms with Gasteiger partial charge in [-0.15, -0.1) is 0 Å². The van der Waals surface area contributed by atoms with E-state index in [1.165, 1.54) is 14.7 Å². The molecule has 2 aliphatic rings. The Morgan fingerprint density at radius 3 is 2.24 bits per heavy atom. The van der Waals surface area contributed by atoms with Gasteiger partial charge < -0.3 is 14.9 Å². The van der Waals surface area contributed by atoms with Crippen LogP contribution in [0.15, 0.2) is 0 Å². The topological polar surface area (TPSA) is 64.1 Å². The fourth-order valence-electron chi connectivity index (χ4n) is 2.78. The van der Waals surface area contributed by atoms with Crippen molar-refractivity contribution in [1.29, 1.82) is 0 Å². The molecule has 0 aliphatic carbocycles. The highest BCUT2D eigenvalue weighted by Crippen LogP contribution is 2.21. The Kier molecular flexibility index (Phi) is 4.60. The largest absolute Gasteiger partial charge is 0.480 e. The highest BCUT2D eigenvalue weighted by Gasteiger charge is 2.38. The minimum Gasteiger partial charge on any atom is -0.480 e. The number of piperazine rings is 1. The summed E-state index contributed by atoms with van der Waals surface area (Å²) in [6.45, 7) is 0.0955. The minimum absolute atomic E-state index is 0.150. The van der Waals surface area contributed by atoms with Crippen LogP contribution < -0.4 is 0 Å². The quantitative estimate of drug-likeness (QED) is 0.821. The average Bonchev–Trinajstić information content (AvgIpc) is 2.86. The van der Waals surface area contributed by atoms with E-state index in [1.54, 1.807) is 0 Å². The Bertz CT molecular complexity index is 408. The number of carbonyl (C=O) groups excluding carboxylic acids is 1. The van der Waals surface area contributed by atoms with Crippen LogP contribution in [-0.4, -0.2) is 83.3 Å². The van der Waals surface area contributed by atoms with E-state index < -0.39 is 24.7 Å². The number of rotatable bonds is 2. The number of carboxylic acids is 1. The monoisotopic (exact) mass is 309 g/mol. The van der Waals surface area contributed by atoms with E-state index in [0.29, 0.717) is 19.4 Å². The standard InChI is InChI=1S/C12H18F3N3O3/c13-12(14,15)8-16-4-6-17(7-5-16)11(21)18-3-1-2-9(18)10(19)20/h9H,1-8H2,(H,19,20)/t9-/m0/s1. The maximum absolute atomic E-state index is 12.3. The van der Waals surface area contributed by atoms with Crippen molar-refractivity contribution >= 4 is 12.0 Å². The number of aliphatic carboxylic acids is 1. The van der Waals surface area contributed by atoms with E-state index in [2.05, 4.69) is 0 Å². The maximum atomic E-state index is 12.3. The van der Waals surface area contributed by atoms with Crippen LogP contribution in [0.3, 0.4) is 0 Å². The van der Waals surface area contributed by atoms with Crippen molar-refractivity contribution in [2.45, 2.75) is 25.1 Å². The molecule has 120 valence electrons. The number of alkyl halides is 3. The van der Waals surface area contributed by atoms with Gasteiger partial charge in [-0.2, -0.15) is 13.2 Å². The predicted molar refractivity (Wildman–Crippen MR) is 66.8 cm³/mol. The number of carboxylic acid groups (broad SMARTS) is 1. The van der Waals surface area contributed by atoms with Crippen LogP contribution in [0.2, 0.25) is 0 Å². The van der Waals surface area contributed by atoms with Gasteiger partial charge in [-0.3, -0.25) is 4.90 Å². The molecule has 6 nitrogen and oxygen atoms in total. The molecule has 0 saturated carbocycles. The van der Waals surface area contributed by atoms with Gasteiger partial charge >= 0.3 is 18.2 Å². The average molecular weight is 309 g/mol. The van der Waals surface area contributed by atoms with Crippen LogP contribution >= 0.6 is 0 Å². The summed E-state index contributed by atoms with van der Waals surface area (Å²) in [7, 11) is 0. The molecule has 0 aromatic rings. The van der Waals surface area contributed by atoms with Crippen molar-refractivity contribution in [1.82, 2.24) is 14.7 Å². The van der Waals surface area contributed by atoms with Crippen molar-refractivity contribution in [3.8, 4) is 0 Å². The SMILES string of the molecule is O=C(O)[C@@H]1CCCN1C(=O)N1CCN(CC(F)(F)F)CC1. The molecule has 0 unspecified atom stereocenters. The van der Waals surface area contributed by atoms with Gasteiger partial charge in [0.2, 0.25) is 0 Å². The van der Waals surface area contributed by atoms with Crippen LogP contribution in [0.5, 0.6) is 0 Å². The number of hydrogen-bond donors (Lipinski definition) is 1. The zero-order valence-electron chi connectivity index (χ0n) is 11.5. The second kappa shape index (κ2) is 6.08. The molecule has 9 heteroatoms. The molecule has 0 radical (unpaired) electrons. The van der Waals surface area contributed by atoms with Gasteiger partial charge in [0.15, 0.2) is 0 Å². The first-order valence-corrected chi connectivity index (χ1v) is 6.85. The summed E-state index contributed by atoms with van der Waals surface area (Å²) in [4.78, 5) is 27.3. The summed E-state index contributed by atoms with van der Waals surface area (Å²) in [5.41, 5.74) is 0. The van der Waals surface area contributed by atoms with Crippen molar-refractivity contribution in [3.63, 3.8) is 0 Å². The summed E-state index contributed by atoms with van der Waals surface area (Å²) in [6.07, 6.45) is -3.18. The summed E-state index contributed by atoms with van der Waals surface area (Å²) in [5.74, 6) is -1.03. The van der Waals surface area contributed by atoms with Crippen molar-refractivity contribution in [2.75, 3.05) is 39.3 Å². The first kappa shape index (κ1) is 15.9. The fourth-order valence-corrected chi connectivity index (χ4v) is 2.78. The van der Waals surface area contributed by atoms with E-state index in [-0.39, 0.29) is 32.2 Å². The van der Waals surface area contributed by atoms with Gasteiger partial charge in [0.25, 0.3) is 0 Å². The summed E-state index contributed by atoms with van der Waals surface area (Å²) in [6, 6.07) is -1.20. The molecule has 0 bridgehead atoms. The van der Waals surface area contributed by atoms with Gasteiger partial charge in [-0.25, -0.2) is 9.59 Å². The molecular formula is C12H18F3N3O3. The van der Waals surface area contributed by atoms with Crippen LogP contribution in [0.4, 0.5) is 18.0 Å². The van der Waals surface area contributed by atoms with Crippen molar-refractivity contribution in [3.05, 3.63) is 0 Å². The lowest BCUT2D eigenvalue weighted by molar-refractivity contribution is -0.149. The molecule has 21 heavy (non-hydrogen) atoms. The normalized spacial score (nSPS) is 24.4. The molecule has 2 saturated heterocycles. The molecule has 2 aliphatic heterocycles. The number of hydrogen-bond acceptors (Lipinski definition) is 3. The van der Waals surface area contributed by atoms with E-state index in [9.17, 15) is 22.8 Å². The first-order chi connectivity index (χ1) is 9.78. The molecule has 0 spiro atoms. The van der Waals surface area contributed by atoms with Gasteiger partial charge in [-0.05, 0) is 12.8 Å². The Hall–Kier alpha value is -1.51. The molecule has 1 atom stereocenters. The van der Waals surface area contributed by atoms with Crippen molar-refractivity contribution < 1.29 is 27.9 Å². The van der Waals surface area contributed by atoms with E-state index in [1.807, 2.05) is 0 Å². The second-order valence-corrected chi connectivity index (χ2v) is 5.35. The summed E-state index contributed by atoms with van der Waals surface area (Å²) >= 11 is 0. The lowest BCUT2D eigenvalue weighted by atomic mass is 10.2. The van der Waals surface area contributed by atoms with Gasteiger partial charge in [0.05, 0.1) is 6.54 Å². The summed E-state index contributed by atoms with van der Waals surface area (Å²) < 4.78 is 36.9. The number of likely N-dealkylation sites (tertiary alicyclic amines) is 1. The molecule has 2 heterocycles.